The monoisotopic (exact) mass is 501 g/mol. The molecular formula is C28H29F2N7. The SMILES string of the molecule is Cc1nn(C)c2c1c(N1C[C@@H](C)N(C(c3ccc(F)cc3)c3ccc(F)cc3)C[C@@H]1C)cc1nncn12. The van der Waals surface area contributed by atoms with Crippen LogP contribution in [0.15, 0.2) is 60.9 Å². The first kappa shape index (κ1) is 23.5. The molecule has 2 aromatic carbocycles. The molecule has 2 atom stereocenters. The summed E-state index contributed by atoms with van der Waals surface area (Å²) in [6.45, 7) is 8.00. The van der Waals surface area contributed by atoms with Gasteiger partial charge in [0, 0.05) is 38.3 Å². The summed E-state index contributed by atoms with van der Waals surface area (Å²) in [7, 11) is 1.94. The highest BCUT2D eigenvalue weighted by Gasteiger charge is 2.36. The van der Waals surface area contributed by atoms with Crippen LogP contribution in [0.1, 0.15) is 36.7 Å². The third kappa shape index (κ3) is 3.94. The van der Waals surface area contributed by atoms with Crippen LogP contribution in [-0.4, -0.2) is 54.5 Å². The molecule has 9 heteroatoms. The van der Waals surface area contributed by atoms with E-state index in [1.54, 1.807) is 6.33 Å². The summed E-state index contributed by atoms with van der Waals surface area (Å²) in [6, 6.07) is 15.6. The molecule has 0 N–H and O–H groups in total. The maximum Gasteiger partial charge on any atom is 0.164 e. The highest BCUT2D eigenvalue weighted by atomic mass is 19.1. The normalized spacial score (nSPS) is 18.9. The summed E-state index contributed by atoms with van der Waals surface area (Å²) in [5.74, 6) is -0.542. The lowest BCUT2D eigenvalue weighted by molar-refractivity contribution is 0.130. The number of pyridine rings is 1. The number of hydrogen-bond donors (Lipinski definition) is 0. The van der Waals surface area contributed by atoms with Crippen molar-refractivity contribution in [3.8, 4) is 0 Å². The maximum atomic E-state index is 13.8. The molecule has 0 aliphatic carbocycles. The molecule has 37 heavy (non-hydrogen) atoms. The number of piperazine rings is 1. The van der Waals surface area contributed by atoms with Crippen LogP contribution in [0, 0.1) is 18.6 Å². The third-order valence-corrected chi connectivity index (χ3v) is 7.56. The van der Waals surface area contributed by atoms with E-state index in [0.29, 0.717) is 0 Å². The predicted molar refractivity (Wildman–Crippen MR) is 140 cm³/mol. The van der Waals surface area contributed by atoms with Gasteiger partial charge < -0.3 is 4.90 Å². The molecule has 5 aromatic rings. The van der Waals surface area contributed by atoms with Gasteiger partial charge in [-0.1, -0.05) is 24.3 Å². The fourth-order valence-electron chi connectivity index (χ4n) is 5.86. The second-order valence-electron chi connectivity index (χ2n) is 10.0. The number of benzene rings is 2. The smallest absolute Gasteiger partial charge is 0.164 e. The molecular weight excluding hydrogens is 472 g/mol. The van der Waals surface area contributed by atoms with Crippen molar-refractivity contribution in [2.24, 2.45) is 7.05 Å². The molecule has 1 saturated heterocycles. The molecule has 3 aromatic heterocycles. The molecule has 7 nitrogen and oxygen atoms in total. The Labute approximate surface area is 213 Å². The van der Waals surface area contributed by atoms with Crippen LogP contribution in [0.4, 0.5) is 14.5 Å². The van der Waals surface area contributed by atoms with E-state index in [1.165, 1.54) is 24.3 Å². The number of anilines is 1. The minimum atomic E-state index is -0.271. The largest absolute Gasteiger partial charge is 0.365 e. The lowest BCUT2D eigenvalue weighted by atomic mass is 9.93. The zero-order chi connectivity index (χ0) is 25.8. The number of hydrogen-bond acceptors (Lipinski definition) is 5. The van der Waals surface area contributed by atoms with Crippen LogP contribution in [-0.2, 0) is 7.05 Å². The molecule has 190 valence electrons. The number of rotatable bonds is 4. The van der Waals surface area contributed by atoms with Gasteiger partial charge in [-0.3, -0.25) is 14.0 Å². The third-order valence-electron chi connectivity index (χ3n) is 7.56. The van der Waals surface area contributed by atoms with E-state index in [2.05, 4.69) is 39.9 Å². The summed E-state index contributed by atoms with van der Waals surface area (Å²) in [6.07, 6.45) is 1.72. The summed E-state index contributed by atoms with van der Waals surface area (Å²) in [5, 5.41) is 14.2. The van der Waals surface area contributed by atoms with Gasteiger partial charge in [0.15, 0.2) is 5.65 Å². The van der Waals surface area contributed by atoms with Gasteiger partial charge in [0.05, 0.1) is 22.8 Å². The Morgan fingerprint density at radius 2 is 1.51 bits per heavy atom. The van der Waals surface area contributed by atoms with Crippen molar-refractivity contribution < 1.29 is 8.78 Å². The average molecular weight is 502 g/mol. The standard InChI is InChI=1S/C28H29F2N7/c1-17-15-36(27(20-5-9-22(29)10-6-20)21-7-11-23(30)12-8-21)18(2)14-35(17)24-13-25-32-31-16-37(25)28-26(24)19(3)33-34(28)4/h5-13,16-18,27H,14-15H2,1-4H3/t17-,18+/m0/s1. The Morgan fingerprint density at radius 1 is 0.892 bits per heavy atom. The van der Waals surface area contributed by atoms with Crippen molar-refractivity contribution in [2.75, 3.05) is 18.0 Å². The topological polar surface area (TPSA) is 54.5 Å². The Hall–Kier alpha value is -3.85. The minimum Gasteiger partial charge on any atom is -0.365 e. The van der Waals surface area contributed by atoms with Crippen molar-refractivity contribution in [3.05, 3.63) is 89.4 Å². The fraction of sp³-hybridized carbons (Fsp3) is 0.321. The van der Waals surface area contributed by atoms with E-state index in [9.17, 15) is 8.78 Å². The molecule has 0 spiro atoms. The second-order valence-corrected chi connectivity index (χ2v) is 10.0. The number of nitrogens with zero attached hydrogens (tertiary/aromatic N) is 7. The minimum absolute atomic E-state index is 0.125. The number of fused-ring (bicyclic) bond motifs is 3. The highest BCUT2D eigenvalue weighted by molar-refractivity contribution is 5.95. The summed E-state index contributed by atoms with van der Waals surface area (Å²) in [4.78, 5) is 4.86. The highest BCUT2D eigenvalue weighted by Crippen LogP contribution is 2.38. The molecule has 0 radical (unpaired) electrons. The van der Waals surface area contributed by atoms with E-state index in [4.69, 9.17) is 5.10 Å². The van der Waals surface area contributed by atoms with Crippen molar-refractivity contribution >= 4 is 22.4 Å². The summed E-state index contributed by atoms with van der Waals surface area (Å²) >= 11 is 0. The number of aryl methyl sites for hydroxylation is 2. The molecule has 0 saturated carbocycles. The number of halogens is 2. The van der Waals surface area contributed by atoms with Gasteiger partial charge in [0.2, 0.25) is 0 Å². The van der Waals surface area contributed by atoms with Crippen LogP contribution in [0.2, 0.25) is 0 Å². The first-order chi connectivity index (χ1) is 17.8. The summed E-state index contributed by atoms with van der Waals surface area (Å²) in [5.41, 5.74) is 5.77. The predicted octanol–water partition coefficient (Wildman–Crippen LogP) is 4.89. The zero-order valence-corrected chi connectivity index (χ0v) is 21.3. The fourth-order valence-corrected chi connectivity index (χ4v) is 5.86. The van der Waals surface area contributed by atoms with Crippen LogP contribution in [0.3, 0.4) is 0 Å². The van der Waals surface area contributed by atoms with Crippen LogP contribution < -0.4 is 4.90 Å². The van der Waals surface area contributed by atoms with Gasteiger partial charge in [0.1, 0.15) is 23.6 Å². The molecule has 0 amide bonds. The molecule has 4 heterocycles. The van der Waals surface area contributed by atoms with Crippen molar-refractivity contribution in [2.45, 2.75) is 38.9 Å². The molecule has 1 fully saturated rings. The molecule has 0 unspecified atom stereocenters. The van der Waals surface area contributed by atoms with Gasteiger partial charge >= 0.3 is 0 Å². The summed E-state index contributed by atoms with van der Waals surface area (Å²) < 4.78 is 31.4. The van der Waals surface area contributed by atoms with Crippen LogP contribution >= 0.6 is 0 Å². The van der Waals surface area contributed by atoms with E-state index < -0.39 is 0 Å². The van der Waals surface area contributed by atoms with Crippen molar-refractivity contribution in [1.29, 1.82) is 0 Å². The lowest BCUT2D eigenvalue weighted by Gasteiger charge is -2.48. The van der Waals surface area contributed by atoms with Gasteiger partial charge in [0.25, 0.3) is 0 Å². The van der Waals surface area contributed by atoms with E-state index in [0.717, 1.165) is 52.3 Å². The van der Waals surface area contributed by atoms with Crippen molar-refractivity contribution in [1.82, 2.24) is 29.3 Å². The Kier molecular flexibility index (Phi) is 5.67. The molecule has 0 bridgehead atoms. The maximum absolute atomic E-state index is 13.8. The lowest BCUT2D eigenvalue weighted by Crippen LogP contribution is -2.57. The van der Waals surface area contributed by atoms with Crippen molar-refractivity contribution in [3.63, 3.8) is 0 Å². The second kappa shape index (κ2) is 8.92. The van der Waals surface area contributed by atoms with Gasteiger partial charge in [-0.25, -0.2) is 8.78 Å². The molecule has 6 rings (SSSR count). The van der Waals surface area contributed by atoms with E-state index in [-0.39, 0.29) is 29.8 Å². The van der Waals surface area contributed by atoms with E-state index in [1.807, 2.05) is 47.3 Å². The molecule has 1 aliphatic rings. The quantitative estimate of drug-likeness (QED) is 0.351. The van der Waals surface area contributed by atoms with Crippen LogP contribution in [0.5, 0.6) is 0 Å². The zero-order valence-electron chi connectivity index (χ0n) is 21.3. The van der Waals surface area contributed by atoms with Gasteiger partial charge in [-0.2, -0.15) is 5.10 Å². The Balaban J connectivity index is 1.41. The van der Waals surface area contributed by atoms with Gasteiger partial charge in [-0.05, 0) is 56.2 Å². The first-order valence-electron chi connectivity index (χ1n) is 12.5. The Morgan fingerprint density at radius 3 is 2.14 bits per heavy atom. The van der Waals surface area contributed by atoms with E-state index >= 15 is 0 Å². The number of aromatic nitrogens is 5. The average Bonchev–Trinajstić information content (AvgIpc) is 3.46. The molecule has 1 aliphatic heterocycles. The van der Waals surface area contributed by atoms with Gasteiger partial charge in [-0.15, -0.1) is 10.2 Å². The van der Waals surface area contributed by atoms with Crippen LogP contribution in [0.25, 0.3) is 16.7 Å². The Bertz CT molecular complexity index is 1530. The first-order valence-corrected chi connectivity index (χ1v) is 12.5.